The maximum atomic E-state index is 10.8. The number of morpholine rings is 1. The van der Waals surface area contributed by atoms with Crippen LogP contribution in [0.25, 0.3) is 0 Å². The first kappa shape index (κ1) is 11.3. The summed E-state index contributed by atoms with van der Waals surface area (Å²) in [5.74, 6) is 0.256. The fourth-order valence-electron chi connectivity index (χ4n) is 1.50. The predicted octanol–water partition coefficient (Wildman–Crippen LogP) is 0.382. The van der Waals surface area contributed by atoms with Crippen molar-refractivity contribution in [2.24, 2.45) is 5.92 Å². The quantitative estimate of drug-likeness (QED) is 0.680. The first-order valence-electron chi connectivity index (χ1n) is 4.78. The van der Waals surface area contributed by atoms with Crippen molar-refractivity contribution in [1.29, 1.82) is 0 Å². The molecule has 0 aromatic rings. The molecule has 0 aromatic carbocycles. The molecular formula is C9H17NO4. The normalized spacial score (nSPS) is 28.1. The molecule has 14 heavy (non-hydrogen) atoms. The van der Waals surface area contributed by atoms with Gasteiger partial charge in [0.15, 0.2) is 0 Å². The average molecular weight is 203 g/mol. The van der Waals surface area contributed by atoms with Crippen LogP contribution in [0.15, 0.2) is 0 Å². The molecule has 0 saturated carbocycles. The number of carbonyl (C=O) groups is 1. The maximum Gasteiger partial charge on any atom is 0.407 e. The maximum absolute atomic E-state index is 10.8. The highest BCUT2D eigenvalue weighted by Gasteiger charge is 2.31. The monoisotopic (exact) mass is 203 g/mol. The van der Waals surface area contributed by atoms with Gasteiger partial charge >= 0.3 is 6.09 Å². The summed E-state index contributed by atoms with van der Waals surface area (Å²) in [4.78, 5) is 12.1. The Kier molecular flexibility index (Phi) is 3.71. The number of amides is 1. The first-order chi connectivity index (χ1) is 6.54. The summed E-state index contributed by atoms with van der Waals surface area (Å²) in [6.07, 6.45) is -1.44. The van der Waals surface area contributed by atoms with Crippen molar-refractivity contribution in [3.8, 4) is 0 Å². The van der Waals surface area contributed by atoms with Crippen molar-refractivity contribution in [1.82, 2.24) is 4.90 Å². The molecular weight excluding hydrogens is 186 g/mol. The topological polar surface area (TPSA) is 70.0 Å². The van der Waals surface area contributed by atoms with E-state index in [4.69, 9.17) is 14.9 Å². The minimum Gasteiger partial charge on any atom is -0.465 e. The molecule has 2 N–H and O–H groups in total. The molecule has 1 aliphatic rings. The van der Waals surface area contributed by atoms with E-state index in [1.54, 1.807) is 0 Å². The molecule has 1 fully saturated rings. The average Bonchev–Trinajstić information content (AvgIpc) is 2.16. The van der Waals surface area contributed by atoms with Crippen molar-refractivity contribution in [3.63, 3.8) is 0 Å². The predicted molar refractivity (Wildman–Crippen MR) is 50.2 cm³/mol. The van der Waals surface area contributed by atoms with Gasteiger partial charge in [0.2, 0.25) is 0 Å². The number of nitrogens with zero attached hydrogens (tertiary/aromatic N) is 1. The summed E-state index contributed by atoms with van der Waals surface area (Å²) in [6, 6.07) is 0. The lowest BCUT2D eigenvalue weighted by atomic mass is 10.0. The van der Waals surface area contributed by atoms with Crippen LogP contribution in [0.5, 0.6) is 0 Å². The zero-order chi connectivity index (χ0) is 10.7. The Bertz CT molecular complexity index is 207. The second-order valence-electron chi connectivity index (χ2n) is 3.91. The van der Waals surface area contributed by atoms with Crippen molar-refractivity contribution >= 4 is 6.09 Å². The number of aliphatic hydroxyl groups is 1. The van der Waals surface area contributed by atoms with Gasteiger partial charge in [0.1, 0.15) is 0 Å². The minimum absolute atomic E-state index is 0.114. The van der Waals surface area contributed by atoms with E-state index in [2.05, 4.69) is 0 Å². The highest BCUT2D eigenvalue weighted by molar-refractivity contribution is 5.65. The number of aliphatic hydroxyl groups excluding tert-OH is 1. The van der Waals surface area contributed by atoms with Gasteiger partial charge in [-0.1, -0.05) is 13.8 Å². The van der Waals surface area contributed by atoms with E-state index in [0.717, 1.165) is 0 Å². The molecule has 1 amide bonds. The van der Waals surface area contributed by atoms with Crippen LogP contribution in [0.3, 0.4) is 0 Å². The minimum atomic E-state index is -0.947. The van der Waals surface area contributed by atoms with Crippen LogP contribution >= 0.6 is 0 Å². The fraction of sp³-hybridized carbons (Fsp3) is 0.889. The van der Waals surface area contributed by atoms with E-state index in [9.17, 15) is 4.79 Å². The van der Waals surface area contributed by atoms with Gasteiger partial charge in [-0.2, -0.15) is 0 Å². The summed E-state index contributed by atoms with van der Waals surface area (Å²) in [6.45, 7) is 4.47. The number of ether oxygens (including phenoxy) is 1. The molecule has 1 aliphatic heterocycles. The van der Waals surface area contributed by atoms with E-state index in [0.29, 0.717) is 6.54 Å². The van der Waals surface area contributed by atoms with Gasteiger partial charge in [-0.15, -0.1) is 0 Å². The van der Waals surface area contributed by atoms with Crippen molar-refractivity contribution in [2.75, 3.05) is 19.7 Å². The van der Waals surface area contributed by atoms with Crippen molar-refractivity contribution in [2.45, 2.75) is 26.1 Å². The number of rotatable bonds is 2. The molecule has 1 saturated heterocycles. The molecule has 0 unspecified atom stereocenters. The van der Waals surface area contributed by atoms with Gasteiger partial charge in [-0.05, 0) is 5.92 Å². The Labute approximate surface area is 83.3 Å². The van der Waals surface area contributed by atoms with E-state index in [-0.39, 0.29) is 31.3 Å². The number of hydrogen-bond donors (Lipinski definition) is 2. The Balaban J connectivity index is 2.61. The standard InChI is InChI=1S/C9H17NO4/c1-6(2)8-4-10(9(12)13)3-7(5-11)14-8/h6-8,11H,3-5H2,1-2H3,(H,12,13)/t7-,8+/m0/s1. The molecule has 0 radical (unpaired) electrons. The summed E-state index contributed by atoms with van der Waals surface area (Å²) in [5, 5.41) is 17.8. The fourth-order valence-corrected chi connectivity index (χ4v) is 1.50. The Hall–Kier alpha value is -0.810. The van der Waals surface area contributed by atoms with Gasteiger partial charge in [0.05, 0.1) is 31.9 Å². The first-order valence-corrected chi connectivity index (χ1v) is 4.78. The van der Waals surface area contributed by atoms with Gasteiger partial charge in [0, 0.05) is 0 Å². The molecule has 0 bridgehead atoms. The largest absolute Gasteiger partial charge is 0.465 e. The van der Waals surface area contributed by atoms with Crippen LogP contribution in [0.2, 0.25) is 0 Å². The summed E-state index contributed by atoms with van der Waals surface area (Å²) >= 11 is 0. The van der Waals surface area contributed by atoms with E-state index >= 15 is 0 Å². The highest BCUT2D eigenvalue weighted by Crippen LogP contribution is 2.17. The third-order valence-electron chi connectivity index (χ3n) is 2.41. The molecule has 5 nitrogen and oxygen atoms in total. The number of hydrogen-bond acceptors (Lipinski definition) is 3. The third kappa shape index (κ3) is 2.59. The van der Waals surface area contributed by atoms with Gasteiger partial charge < -0.3 is 19.8 Å². The Morgan fingerprint density at radius 3 is 2.64 bits per heavy atom. The van der Waals surface area contributed by atoms with Crippen molar-refractivity contribution in [3.05, 3.63) is 0 Å². The summed E-state index contributed by atoms with van der Waals surface area (Å²) < 4.78 is 5.52. The van der Waals surface area contributed by atoms with Crippen molar-refractivity contribution < 1.29 is 19.7 Å². The molecule has 82 valence electrons. The molecule has 2 atom stereocenters. The molecule has 0 aliphatic carbocycles. The van der Waals surface area contributed by atoms with Gasteiger partial charge in [0.25, 0.3) is 0 Å². The molecule has 1 rings (SSSR count). The van der Waals surface area contributed by atoms with E-state index in [1.165, 1.54) is 4.90 Å². The van der Waals surface area contributed by atoms with Crippen LogP contribution in [-0.4, -0.2) is 53.1 Å². The molecule has 0 spiro atoms. The second-order valence-corrected chi connectivity index (χ2v) is 3.91. The van der Waals surface area contributed by atoms with Gasteiger partial charge in [-0.3, -0.25) is 0 Å². The lowest BCUT2D eigenvalue weighted by molar-refractivity contribution is -0.111. The molecule has 5 heteroatoms. The molecule has 1 heterocycles. The lowest BCUT2D eigenvalue weighted by Crippen LogP contribution is -2.52. The second kappa shape index (κ2) is 4.61. The zero-order valence-corrected chi connectivity index (χ0v) is 8.51. The summed E-state index contributed by atoms with van der Waals surface area (Å²) in [7, 11) is 0. The van der Waals surface area contributed by atoms with Crippen LogP contribution in [0, 0.1) is 5.92 Å². The van der Waals surface area contributed by atoms with E-state index in [1.807, 2.05) is 13.8 Å². The Morgan fingerprint density at radius 1 is 1.57 bits per heavy atom. The smallest absolute Gasteiger partial charge is 0.407 e. The number of carboxylic acid groups (broad SMARTS) is 1. The van der Waals surface area contributed by atoms with Gasteiger partial charge in [-0.25, -0.2) is 4.79 Å². The SMILES string of the molecule is CC(C)[C@H]1CN(C(=O)O)C[C@@H](CO)O1. The van der Waals surface area contributed by atoms with Crippen LogP contribution in [0.1, 0.15) is 13.8 Å². The molecule has 0 aromatic heterocycles. The van der Waals surface area contributed by atoms with E-state index < -0.39 is 6.09 Å². The zero-order valence-electron chi connectivity index (χ0n) is 8.51. The third-order valence-corrected chi connectivity index (χ3v) is 2.41. The summed E-state index contributed by atoms with van der Waals surface area (Å²) in [5.41, 5.74) is 0. The highest BCUT2D eigenvalue weighted by atomic mass is 16.5. The Morgan fingerprint density at radius 2 is 2.21 bits per heavy atom. The van der Waals surface area contributed by atoms with Crippen LogP contribution < -0.4 is 0 Å². The lowest BCUT2D eigenvalue weighted by Gasteiger charge is -2.37. The van der Waals surface area contributed by atoms with Crippen LogP contribution in [0.4, 0.5) is 4.79 Å². The van der Waals surface area contributed by atoms with Crippen LogP contribution in [-0.2, 0) is 4.74 Å².